The normalized spacial score (nSPS) is 12.9. The topological polar surface area (TPSA) is 92.6 Å². The van der Waals surface area contributed by atoms with Gasteiger partial charge in [-0.25, -0.2) is 4.90 Å². The SMILES string of the molecule is Cc1ccc(C)c(N2C(=O)c3cccc4c(Nc5cc(C)c(C)cc5Br)c([N+](=O)[O-])cc(c34)C2=O)c1. The zero-order valence-corrected chi connectivity index (χ0v) is 21.7. The van der Waals surface area contributed by atoms with Crippen LogP contribution in [0, 0.1) is 37.8 Å². The molecule has 0 saturated heterocycles. The van der Waals surface area contributed by atoms with Crippen molar-refractivity contribution in [2.24, 2.45) is 0 Å². The van der Waals surface area contributed by atoms with Crippen molar-refractivity contribution in [2.75, 3.05) is 10.2 Å². The maximum absolute atomic E-state index is 13.7. The molecule has 0 unspecified atom stereocenters. The highest BCUT2D eigenvalue weighted by Gasteiger charge is 2.37. The van der Waals surface area contributed by atoms with E-state index in [1.54, 1.807) is 24.3 Å². The lowest BCUT2D eigenvalue weighted by Gasteiger charge is -2.29. The molecule has 5 rings (SSSR count). The third-order valence-corrected chi connectivity index (χ3v) is 7.31. The number of nitro benzene ring substituents is 1. The molecule has 2 amide bonds. The number of aryl methyl sites for hydroxylation is 4. The Morgan fingerprint density at radius 2 is 1.56 bits per heavy atom. The Kier molecular flexibility index (Phi) is 5.64. The van der Waals surface area contributed by atoms with Crippen LogP contribution in [0.5, 0.6) is 0 Å². The standard InChI is InChI=1S/C28H22BrN3O4/c1-14-8-9-15(2)23(10-14)31-27(33)19-7-5-6-18-25(19)20(28(31)34)13-24(32(35)36)26(18)30-22-12-17(4)16(3)11-21(22)29/h5-13,30H,1-4H3. The Labute approximate surface area is 216 Å². The van der Waals surface area contributed by atoms with Crippen molar-refractivity contribution in [3.05, 3.63) is 103 Å². The highest BCUT2D eigenvalue weighted by atomic mass is 79.9. The van der Waals surface area contributed by atoms with Gasteiger partial charge in [0.1, 0.15) is 5.69 Å². The molecule has 1 N–H and O–H groups in total. The predicted molar refractivity (Wildman–Crippen MR) is 145 cm³/mol. The number of rotatable bonds is 4. The molecule has 0 aliphatic carbocycles. The summed E-state index contributed by atoms with van der Waals surface area (Å²) in [6.07, 6.45) is 0. The number of imide groups is 1. The average Bonchev–Trinajstić information content (AvgIpc) is 2.83. The van der Waals surface area contributed by atoms with Gasteiger partial charge in [0.2, 0.25) is 0 Å². The van der Waals surface area contributed by atoms with E-state index in [9.17, 15) is 19.7 Å². The van der Waals surface area contributed by atoms with Crippen LogP contribution in [-0.4, -0.2) is 16.7 Å². The number of carbonyl (C=O) groups excluding carboxylic acids is 2. The van der Waals surface area contributed by atoms with E-state index in [4.69, 9.17) is 0 Å². The number of halogens is 1. The van der Waals surface area contributed by atoms with Gasteiger partial charge < -0.3 is 5.32 Å². The van der Waals surface area contributed by atoms with Gasteiger partial charge in [-0.2, -0.15) is 0 Å². The van der Waals surface area contributed by atoms with Crippen molar-refractivity contribution < 1.29 is 14.5 Å². The van der Waals surface area contributed by atoms with Crippen LogP contribution in [0.25, 0.3) is 10.8 Å². The summed E-state index contributed by atoms with van der Waals surface area (Å²) in [5.74, 6) is -1.04. The molecule has 0 radical (unpaired) electrons. The average molecular weight is 544 g/mol. The molecule has 180 valence electrons. The van der Waals surface area contributed by atoms with Crippen molar-refractivity contribution in [3.63, 3.8) is 0 Å². The molecule has 36 heavy (non-hydrogen) atoms. The summed E-state index contributed by atoms with van der Waals surface area (Å²) in [4.78, 5) is 40.2. The molecule has 4 aromatic carbocycles. The fourth-order valence-electron chi connectivity index (χ4n) is 4.62. The third kappa shape index (κ3) is 3.65. The highest BCUT2D eigenvalue weighted by Crippen LogP contribution is 2.43. The lowest BCUT2D eigenvalue weighted by molar-refractivity contribution is -0.383. The molecule has 8 heteroatoms. The van der Waals surface area contributed by atoms with Crippen molar-refractivity contribution in [1.82, 2.24) is 0 Å². The number of carbonyl (C=O) groups is 2. The Balaban J connectivity index is 1.77. The largest absolute Gasteiger partial charge is 0.348 e. The van der Waals surface area contributed by atoms with E-state index in [0.717, 1.165) is 31.6 Å². The summed E-state index contributed by atoms with van der Waals surface area (Å²) >= 11 is 3.54. The van der Waals surface area contributed by atoms with E-state index in [1.807, 2.05) is 52.0 Å². The number of hydrogen-bond donors (Lipinski definition) is 1. The van der Waals surface area contributed by atoms with Gasteiger partial charge >= 0.3 is 0 Å². The number of anilines is 3. The molecule has 0 aromatic heterocycles. The fraction of sp³-hybridized carbons (Fsp3) is 0.143. The summed E-state index contributed by atoms with van der Waals surface area (Å²) in [5, 5.41) is 16.3. The van der Waals surface area contributed by atoms with Crippen LogP contribution in [0.2, 0.25) is 0 Å². The minimum Gasteiger partial charge on any atom is -0.348 e. The number of nitrogens with zero attached hydrogens (tertiary/aromatic N) is 2. The molecule has 1 aliphatic heterocycles. The zero-order chi connectivity index (χ0) is 25.9. The minimum atomic E-state index is -0.584. The van der Waals surface area contributed by atoms with Crippen molar-refractivity contribution in [1.29, 1.82) is 0 Å². The molecule has 0 spiro atoms. The first-order chi connectivity index (χ1) is 17.1. The van der Waals surface area contributed by atoms with Crippen LogP contribution >= 0.6 is 15.9 Å². The van der Waals surface area contributed by atoms with Crippen LogP contribution in [0.1, 0.15) is 43.0 Å². The molecule has 0 saturated carbocycles. The third-order valence-electron chi connectivity index (χ3n) is 6.65. The number of benzene rings is 4. The Morgan fingerprint density at radius 3 is 2.28 bits per heavy atom. The monoisotopic (exact) mass is 543 g/mol. The van der Waals surface area contributed by atoms with E-state index in [1.165, 1.54) is 6.07 Å². The predicted octanol–water partition coefficient (Wildman–Crippen LogP) is 7.29. The summed E-state index contributed by atoms with van der Waals surface area (Å²) in [6, 6.07) is 15.7. The van der Waals surface area contributed by atoms with Gasteiger partial charge in [0, 0.05) is 26.9 Å². The van der Waals surface area contributed by atoms with E-state index < -0.39 is 16.7 Å². The fourth-order valence-corrected chi connectivity index (χ4v) is 5.17. The van der Waals surface area contributed by atoms with Gasteiger partial charge in [0.15, 0.2) is 0 Å². The maximum atomic E-state index is 13.7. The quantitative estimate of drug-likeness (QED) is 0.166. The number of hydrogen-bond acceptors (Lipinski definition) is 5. The van der Waals surface area contributed by atoms with Gasteiger partial charge in [0.25, 0.3) is 17.5 Å². The Hall–Kier alpha value is -4.04. The van der Waals surface area contributed by atoms with E-state index >= 15 is 0 Å². The van der Waals surface area contributed by atoms with Crippen molar-refractivity contribution >= 4 is 61.3 Å². The van der Waals surface area contributed by atoms with Crippen molar-refractivity contribution in [3.8, 4) is 0 Å². The summed E-state index contributed by atoms with van der Waals surface area (Å²) < 4.78 is 0.744. The minimum absolute atomic E-state index is 0.123. The van der Waals surface area contributed by atoms with Crippen LogP contribution in [-0.2, 0) is 0 Å². The number of nitro groups is 1. The number of amides is 2. The molecule has 1 aliphatic rings. The van der Waals surface area contributed by atoms with E-state index in [-0.39, 0.29) is 16.9 Å². The molecule has 7 nitrogen and oxygen atoms in total. The van der Waals surface area contributed by atoms with Gasteiger partial charge in [0.05, 0.1) is 21.9 Å². The smallest absolute Gasteiger partial charge is 0.294 e. The molecular weight excluding hydrogens is 522 g/mol. The lowest BCUT2D eigenvalue weighted by atomic mass is 9.91. The summed E-state index contributed by atoms with van der Waals surface area (Å²) in [7, 11) is 0. The molecular formula is C28H22BrN3O4. The van der Waals surface area contributed by atoms with Crippen LogP contribution < -0.4 is 10.2 Å². The molecule has 0 bridgehead atoms. The molecule has 0 atom stereocenters. The maximum Gasteiger partial charge on any atom is 0.294 e. The van der Waals surface area contributed by atoms with Crippen molar-refractivity contribution in [2.45, 2.75) is 27.7 Å². The van der Waals surface area contributed by atoms with Crippen LogP contribution in [0.4, 0.5) is 22.7 Å². The Morgan fingerprint density at radius 1 is 0.861 bits per heavy atom. The first kappa shape index (κ1) is 23.7. The van der Waals surface area contributed by atoms with Gasteiger partial charge in [-0.1, -0.05) is 24.3 Å². The van der Waals surface area contributed by atoms with E-state index in [0.29, 0.717) is 27.7 Å². The second-order valence-electron chi connectivity index (χ2n) is 9.08. The summed E-state index contributed by atoms with van der Waals surface area (Å²) in [5.41, 5.74) is 5.27. The van der Waals surface area contributed by atoms with Crippen LogP contribution in [0.15, 0.2) is 59.1 Å². The van der Waals surface area contributed by atoms with E-state index in [2.05, 4.69) is 21.2 Å². The first-order valence-corrected chi connectivity index (χ1v) is 12.1. The number of nitrogens with one attached hydrogen (secondary N) is 1. The van der Waals surface area contributed by atoms with Gasteiger partial charge in [-0.05, 0) is 90.1 Å². The lowest BCUT2D eigenvalue weighted by Crippen LogP contribution is -2.41. The van der Waals surface area contributed by atoms with Gasteiger partial charge in [-0.3, -0.25) is 19.7 Å². The molecule has 4 aromatic rings. The molecule has 1 heterocycles. The second-order valence-corrected chi connectivity index (χ2v) is 9.93. The zero-order valence-electron chi connectivity index (χ0n) is 20.1. The van der Waals surface area contributed by atoms with Gasteiger partial charge in [-0.15, -0.1) is 0 Å². The highest BCUT2D eigenvalue weighted by molar-refractivity contribution is 9.10. The van der Waals surface area contributed by atoms with Crippen LogP contribution in [0.3, 0.4) is 0 Å². The Bertz CT molecular complexity index is 1640. The molecule has 0 fully saturated rings. The summed E-state index contributed by atoms with van der Waals surface area (Å²) in [6.45, 7) is 7.64. The second kappa shape index (κ2) is 8.57. The first-order valence-electron chi connectivity index (χ1n) is 11.3.